The molecule has 9 rings (SSSR count). The van der Waals surface area contributed by atoms with E-state index in [1.54, 1.807) is 0 Å². The van der Waals surface area contributed by atoms with Crippen molar-refractivity contribution in [1.82, 2.24) is 0 Å². The molecule has 0 aliphatic rings. The first kappa shape index (κ1) is 64.7. The maximum atomic E-state index is 12.3. The van der Waals surface area contributed by atoms with Gasteiger partial charge in [0.05, 0.1) is 6.15 Å². The molecule has 0 fully saturated rings. The Morgan fingerprint density at radius 2 is 0.654 bits per heavy atom. The molecule has 0 saturated heterocycles. The molecule has 0 aliphatic carbocycles. The van der Waals surface area contributed by atoms with E-state index >= 15 is 0 Å². The molecule has 2 radical (unpaired) electrons. The molecule has 0 spiro atoms. The van der Waals surface area contributed by atoms with Crippen molar-refractivity contribution in [2.75, 3.05) is 0 Å². The predicted octanol–water partition coefficient (Wildman–Crippen LogP) is 17.7. The number of halogens is 7. The van der Waals surface area contributed by atoms with E-state index in [4.69, 9.17) is 0 Å². The number of benzene rings is 9. The van der Waals surface area contributed by atoms with Gasteiger partial charge in [0.1, 0.15) is 7.85 Å². The maximum Gasteiger partial charge on any atom is 0.200 e. The third kappa shape index (κ3) is 20.1. The average molecular weight is 1270 g/mol. The third-order valence-electron chi connectivity index (χ3n) is 13.1. The van der Waals surface area contributed by atoms with Crippen LogP contribution in [-0.4, -0.2) is 14.0 Å². The van der Waals surface area contributed by atoms with Gasteiger partial charge in [0.25, 0.3) is 0 Å². The van der Waals surface area contributed by atoms with Crippen LogP contribution >= 0.6 is 45.2 Å². The Labute approximate surface area is 492 Å². The second kappa shape index (κ2) is 31.1. The third-order valence-corrected chi connectivity index (χ3v) is 14.6. The second-order valence-electron chi connectivity index (χ2n) is 21.7. The fourth-order valence-corrected chi connectivity index (χ4v) is 9.07. The molecule has 0 heterocycles. The molecule has 404 valence electrons. The molecule has 0 unspecified atom stereocenters. The highest BCUT2D eigenvalue weighted by atomic mass is 127. The van der Waals surface area contributed by atoms with Crippen molar-refractivity contribution in [1.29, 1.82) is 0 Å². The summed E-state index contributed by atoms with van der Waals surface area (Å²) in [6, 6.07) is 78.4. The van der Waals surface area contributed by atoms with Crippen LogP contribution in [0, 0.1) is 57.0 Å². The highest BCUT2D eigenvalue weighted by Crippen LogP contribution is 2.24. The Bertz CT molecular complexity index is 2860. The first-order chi connectivity index (χ1) is 36.8. The smallest absolute Gasteiger partial charge is 0.200 e. The van der Waals surface area contributed by atoms with Crippen LogP contribution in [0.4, 0.5) is 22.0 Å². The Morgan fingerprint density at radius 3 is 0.962 bits per heavy atom. The van der Waals surface area contributed by atoms with E-state index in [0.717, 1.165) is 6.32 Å². The van der Waals surface area contributed by atoms with Gasteiger partial charge in [0.2, 0.25) is 0 Å². The van der Waals surface area contributed by atoms with Crippen LogP contribution in [0.2, 0.25) is 0 Å². The molecule has 0 aromatic heterocycles. The predicted molar refractivity (Wildman–Crippen MR) is 343 cm³/mol. The van der Waals surface area contributed by atoms with E-state index < -0.39 is 40.7 Å². The van der Waals surface area contributed by atoms with Gasteiger partial charge in [0, 0.05) is 7.14 Å². The summed E-state index contributed by atoms with van der Waals surface area (Å²) in [4.78, 5) is 0. The van der Waals surface area contributed by atoms with Crippen molar-refractivity contribution in [2.24, 2.45) is 0 Å². The molecule has 9 aromatic carbocycles. The van der Waals surface area contributed by atoms with Crippen LogP contribution in [0.25, 0.3) is 0 Å². The lowest BCUT2D eigenvalue weighted by Crippen LogP contribution is -2.68. The van der Waals surface area contributed by atoms with Crippen LogP contribution in [0.5, 0.6) is 0 Å². The van der Waals surface area contributed by atoms with Crippen LogP contribution in [0.3, 0.4) is 0 Å². The zero-order valence-corrected chi connectivity index (χ0v) is 51.2. The van der Waals surface area contributed by atoms with Gasteiger partial charge in [-0.2, -0.15) is 16.4 Å². The normalized spacial score (nSPS) is 10.9. The van der Waals surface area contributed by atoms with Crippen molar-refractivity contribution in [3.05, 3.63) is 294 Å². The van der Waals surface area contributed by atoms with Gasteiger partial charge < -0.3 is 0 Å². The molecule has 0 bridgehead atoms. The van der Waals surface area contributed by atoms with E-state index in [1.807, 2.05) is 0 Å². The number of rotatable bonds is 6. The van der Waals surface area contributed by atoms with E-state index in [0.29, 0.717) is 5.92 Å². The van der Waals surface area contributed by atoms with Crippen molar-refractivity contribution in [3.8, 4) is 0 Å². The number of hydrogen-bond acceptors (Lipinski definition) is 0. The number of hydrogen-bond donors (Lipinski definition) is 0. The Kier molecular flexibility index (Phi) is 25.8. The van der Waals surface area contributed by atoms with E-state index in [9.17, 15) is 22.0 Å². The van der Waals surface area contributed by atoms with Gasteiger partial charge in [-0.1, -0.05) is 272 Å². The van der Waals surface area contributed by atoms with Gasteiger partial charge in [-0.25, -0.2) is 22.0 Å². The second-order valence-corrected chi connectivity index (χ2v) is 24.2. The molecular formula is C69H72B2F5I2-. The quantitative estimate of drug-likeness (QED) is 0.0512. The molecule has 9 aromatic rings. The lowest BCUT2D eigenvalue weighted by molar-refractivity contribution is 0.384. The standard InChI is InChI=1S/C25H22B.C11H16.C10H13I.C9H11I.C8H10.C6BF5/c1-5-13-22(14-6-1)21-26(23-15-7-2-8-16-23,24-17-9-3-10-18-24)25-19-11-4-12-20-25;1-9-5-7-10(8-6-9)11(2,3)4;1-10(2,3)8-4-6-9(11)7-5-8;1-7(2)8-3-5-9(10)6-4-8;1-7-3-5-8(2)6-4-7;7-1-2(8)4(10)6(12)5(11)3(1)9/h1-20H,21H2;5-8H,1-4H3;4-7H,1-3H3;3-7H,1-2H3;3-6H,1-2H3;/q-1;;;;;. The number of aryl methyl sites for hydroxylation is 3. The highest BCUT2D eigenvalue weighted by molar-refractivity contribution is 14.1. The van der Waals surface area contributed by atoms with E-state index in [2.05, 4.69) is 348 Å². The largest absolute Gasteiger partial charge is 0.204 e. The van der Waals surface area contributed by atoms with E-state index in [1.165, 1.54) is 62.5 Å². The molecule has 0 aliphatic heterocycles. The average Bonchev–Trinajstić information content (AvgIpc) is 3.44. The minimum atomic E-state index is -2.21. The molecule has 0 nitrogen and oxygen atoms in total. The van der Waals surface area contributed by atoms with Gasteiger partial charge in [-0.05, 0) is 129 Å². The summed E-state index contributed by atoms with van der Waals surface area (Å²) in [6.45, 7) is 24.1. The van der Waals surface area contributed by atoms with Gasteiger partial charge in [0.15, 0.2) is 29.1 Å². The van der Waals surface area contributed by atoms with Crippen molar-refractivity contribution in [3.63, 3.8) is 0 Å². The van der Waals surface area contributed by atoms with Crippen molar-refractivity contribution >= 4 is 81.0 Å². The Balaban J connectivity index is 0.000000215. The molecule has 0 atom stereocenters. The Morgan fingerprint density at radius 1 is 0.385 bits per heavy atom. The summed E-state index contributed by atoms with van der Waals surface area (Å²) in [5.74, 6) is -9.65. The van der Waals surface area contributed by atoms with Crippen LogP contribution in [0.15, 0.2) is 218 Å². The minimum Gasteiger partial charge on any atom is -0.204 e. The fourth-order valence-electron chi connectivity index (χ4n) is 8.35. The first-order valence-electron chi connectivity index (χ1n) is 26.1. The van der Waals surface area contributed by atoms with Crippen LogP contribution < -0.4 is 21.9 Å². The minimum absolute atomic E-state index is 0.282. The first-order valence-corrected chi connectivity index (χ1v) is 28.3. The molecule has 78 heavy (non-hydrogen) atoms. The van der Waals surface area contributed by atoms with E-state index in [-0.39, 0.29) is 10.8 Å². The topological polar surface area (TPSA) is 0 Å². The summed E-state index contributed by atoms with van der Waals surface area (Å²) in [5, 5.41) is 0. The van der Waals surface area contributed by atoms with Crippen molar-refractivity contribution in [2.45, 2.75) is 99.2 Å². The molecular weight excluding hydrogens is 1200 g/mol. The monoisotopic (exact) mass is 1270 g/mol. The van der Waals surface area contributed by atoms with Gasteiger partial charge >= 0.3 is 0 Å². The molecule has 0 amide bonds. The van der Waals surface area contributed by atoms with Gasteiger partial charge in [-0.15, -0.1) is 6.32 Å². The lowest BCUT2D eigenvalue weighted by Gasteiger charge is -2.43. The van der Waals surface area contributed by atoms with Crippen LogP contribution in [0.1, 0.15) is 100 Å². The summed E-state index contributed by atoms with van der Waals surface area (Å²) < 4.78 is 63.7. The fraction of sp³-hybridized carbons (Fsp3) is 0.217. The van der Waals surface area contributed by atoms with Crippen molar-refractivity contribution < 1.29 is 22.0 Å². The molecule has 0 N–H and O–H groups in total. The summed E-state index contributed by atoms with van der Waals surface area (Å²) >= 11 is 4.64. The lowest BCUT2D eigenvalue weighted by atomic mass is 9.14. The molecule has 9 heteroatoms. The summed E-state index contributed by atoms with van der Waals surface area (Å²) in [6.07, 6.45) is -0.109. The van der Waals surface area contributed by atoms with Crippen LogP contribution in [-0.2, 0) is 17.2 Å². The summed E-state index contributed by atoms with van der Waals surface area (Å²) in [5.41, 5.74) is 12.9. The summed E-state index contributed by atoms with van der Waals surface area (Å²) in [7, 11) is 4.56. The molecule has 0 saturated carbocycles. The maximum absolute atomic E-state index is 12.3. The zero-order chi connectivity index (χ0) is 57.6. The Hall–Kier alpha value is -5.78. The SMILES string of the molecule is CC(C)(C)c1ccc(I)cc1.CC(C)c1ccc(I)cc1.Cc1ccc(C(C)(C)C)cc1.Cc1ccc(C)cc1.[B]c1c(F)c(F)c(F)c(F)c1F.c1ccc(C[B-](c2ccccc2)(c2ccccc2)c2ccccc2)cc1. The zero-order valence-electron chi connectivity index (χ0n) is 46.9. The highest BCUT2D eigenvalue weighted by Gasteiger charge is 2.30. The van der Waals surface area contributed by atoms with Gasteiger partial charge in [-0.3, -0.25) is 0 Å².